The summed E-state index contributed by atoms with van der Waals surface area (Å²) < 4.78 is 5.47. The minimum atomic E-state index is -0.905. The SMILES string of the molecule is C#C[C@]1(O)CC[C@H]2[C@@H]3CCc4cc(OC)cc(C)c4[C@@H]3CC[C@@]21C. The standard InChI is InChI=1S/C22H28O2/c1-5-22(23)11-9-19-17-7-6-15-13-16(24-4)12-14(2)20(15)18(17)8-10-21(19,22)3/h1,12-13,17-19,23H,6-11H2,2-4H3/t17-,18-,19+,21+,22+/m1/s1. The van der Waals surface area contributed by atoms with Crippen molar-refractivity contribution in [3.63, 3.8) is 0 Å². The lowest BCUT2D eigenvalue weighted by Crippen LogP contribution is -2.50. The maximum Gasteiger partial charge on any atom is 0.130 e. The van der Waals surface area contributed by atoms with E-state index in [1.165, 1.54) is 17.5 Å². The molecular weight excluding hydrogens is 296 g/mol. The van der Waals surface area contributed by atoms with Crippen LogP contribution >= 0.6 is 0 Å². The van der Waals surface area contributed by atoms with Gasteiger partial charge in [-0.1, -0.05) is 12.8 Å². The molecule has 1 aromatic rings. The number of methoxy groups -OCH3 is 1. The molecule has 1 N–H and O–H groups in total. The fourth-order valence-corrected chi connectivity index (χ4v) is 6.31. The molecular formula is C22H28O2. The summed E-state index contributed by atoms with van der Waals surface area (Å²) in [6.45, 7) is 4.47. The Hall–Kier alpha value is -1.46. The maximum atomic E-state index is 11.0. The quantitative estimate of drug-likeness (QED) is 0.784. The Bertz CT molecular complexity index is 715. The van der Waals surface area contributed by atoms with Crippen molar-refractivity contribution >= 4 is 0 Å². The highest BCUT2D eigenvalue weighted by Crippen LogP contribution is 2.64. The van der Waals surface area contributed by atoms with Gasteiger partial charge in [-0.05, 0) is 92.0 Å². The van der Waals surface area contributed by atoms with Crippen LogP contribution in [0.4, 0.5) is 0 Å². The minimum absolute atomic E-state index is 0.110. The van der Waals surface area contributed by atoms with E-state index in [9.17, 15) is 5.11 Å². The van der Waals surface area contributed by atoms with Crippen molar-refractivity contribution in [3.8, 4) is 18.1 Å². The van der Waals surface area contributed by atoms with Gasteiger partial charge in [0.15, 0.2) is 0 Å². The van der Waals surface area contributed by atoms with Crippen LogP contribution in [0.25, 0.3) is 0 Å². The van der Waals surface area contributed by atoms with Crippen LogP contribution in [0.5, 0.6) is 5.75 Å². The highest BCUT2D eigenvalue weighted by molar-refractivity contribution is 5.46. The first-order chi connectivity index (χ1) is 11.4. The Balaban J connectivity index is 1.74. The van der Waals surface area contributed by atoms with Gasteiger partial charge in [0, 0.05) is 5.41 Å². The van der Waals surface area contributed by atoms with Gasteiger partial charge >= 0.3 is 0 Å². The summed E-state index contributed by atoms with van der Waals surface area (Å²) >= 11 is 0. The lowest BCUT2D eigenvalue weighted by Gasteiger charge is -2.52. The van der Waals surface area contributed by atoms with Crippen LogP contribution in [-0.4, -0.2) is 17.8 Å². The second kappa shape index (κ2) is 5.27. The molecule has 0 heterocycles. The van der Waals surface area contributed by atoms with Crippen molar-refractivity contribution in [1.82, 2.24) is 0 Å². The van der Waals surface area contributed by atoms with Crippen LogP contribution < -0.4 is 4.74 Å². The number of rotatable bonds is 1. The molecule has 2 saturated carbocycles. The first kappa shape index (κ1) is 16.0. The highest BCUT2D eigenvalue weighted by Gasteiger charge is 2.61. The Labute approximate surface area is 145 Å². The third kappa shape index (κ3) is 1.94. The Morgan fingerprint density at radius 3 is 2.75 bits per heavy atom. The zero-order chi connectivity index (χ0) is 17.1. The van der Waals surface area contributed by atoms with E-state index >= 15 is 0 Å². The number of aryl methyl sites for hydroxylation is 2. The molecule has 0 aromatic heterocycles. The zero-order valence-corrected chi connectivity index (χ0v) is 15.1. The van der Waals surface area contributed by atoms with Crippen molar-refractivity contribution in [2.75, 3.05) is 7.11 Å². The summed E-state index contributed by atoms with van der Waals surface area (Å²) in [6.07, 6.45) is 12.1. The van der Waals surface area contributed by atoms with Crippen LogP contribution in [-0.2, 0) is 6.42 Å². The molecule has 0 spiro atoms. The first-order valence-electron chi connectivity index (χ1n) is 9.31. The Kier molecular flexibility index (Phi) is 3.52. The van der Waals surface area contributed by atoms with Gasteiger partial charge in [0.25, 0.3) is 0 Å². The molecule has 0 saturated heterocycles. The van der Waals surface area contributed by atoms with E-state index in [1.807, 2.05) is 0 Å². The summed E-state index contributed by atoms with van der Waals surface area (Å²) in [6, 6.07) is 4.42. The molecule has 128 valence electrons. The number of terminal acetylenes is 1. The van der Waals surface area contributed by atoms with Crippen molar-refractivity contribution in [2.45, 2.75) is 63.9 Å². The van der Waals surface area contributed by atoms with Crippen LogP contribution in [0.1, 0.15) is 61.6 Å². The Morgan fingerprint density at radius 2 is 2.04 bits per heavy atom. The van der Waals surface area contributed by atoms with Gasteiger partial charge in [-0.3, -0.25) is 0 Å². The van der Waals surface area contributed by atoms with Crippen LogP contribution in [0.3, 0.4) is 0 Å². The van der Waals surface area contributed by atoms with Gasteiger partial charge in [-0.25, -0.2) is 0 Å². The van der Waals surface area contributed by atoms with Gasteiger partial charge in [0.2, 0.25) is 0 Å². The molecule has 0 aliphatic heterocycles. The smallest absolute Gasteiger partial charge is 0.130 e. The first-order valence-corrected chi connectivity index (χ1v) is 9.31. The van der Waals surface area contributed by atoms with Crippen molar-refractivity contribution in [2.24, 2.45) is 17.3 Å². The van der Waals surface area contributed by atoms with Gasteiger partial charge in [-0.15, -0.1) is 6.42 Å². The summed E-state index contributed by atoms with van der Waals surface area (Å²) in [4.78, 5) is 0. The molecule has 3 aliphatic rings. The second-order valence-corrected chi connectivity index (χ2v) is 8.43. The van der Waals surface area contributed by atoms with E-state index < -0.39 is 5.60 Å². The van der Waals surface area contributed by atoms with Crippen LogP contribution in [0.2, 0.25) is 0 Å². The predicted molar refractivity (Wildman–Crippen MR) is 96.1 cm³/mol. The molecule has 1 aromatic carbocycles. The van der Waals surface area contributed by atoms with E-state index in [0.29, 0.717) is 17.8 Å². The number of fused-ring (bicyclic) bond motifs is 5. The average Bonchev–Trinajstić information content (AvgIpc) is 2.86. The molecule has 0 bridgehead atoms. The Morgan fingerprint density at radius 1 is 1.25 bits per heavy atom. The van der Waals surface area contributed by atoms with Crippen molar-refractivity contribution in [1.29, 1.82) is 0 Å². The summed E-state index contributed by atoms with van der Waals surface area (Å²) in [7, 11) is 1.75. The molecule has 0 radical (unpaired) electrons. The fraction of sp³-hybridized carbons (Fsp3) is 0.636. The van der Waals surface area contributed by atoms with E-state index in [2.05, 4.69) is 31.9 Å². The molecule has 3 aliphatic carbocycles. The van der Waals surface area contributed by atoms with E-state index in [1.54, 1.807) is 12.7 Å². The molecule has 2 fully saturated rings. The normalized spacial score (nSPS) is 40.2. The van der Waals surface area contributed by atoms with Crippen LogP contribution in [0.15, 0.2) is 12.1 Å². The highest BCUT2D eigenvalue weighted by atomic mass is 16.5. The summed E-state index contributed by atoms with van der Waals surface area (Å²) in [5.41, 5.74) is 3.39. The maximum absolute atomic E-state index is 11.0. The van der Waals surface area contributed by atoms with Crippen LogP contribution in [0, 0.1) is 36.5 Å². The lowest BCUT2D eigenvalue weighted by molar-refractivity contribution is -0.0647. The third-order valence-electron chi connectivity index (χ3n) is 7.63. The topological polar surface area (TPSA) is 29.5 Å². The van der Waals surface area contributed by atoms with Gasteiger partial charge in [0.05, 0.1) is 7.11 Å². The van der Waals surface area contributed by atoms with Gasteiger partial charge < -0.3 is 9.84 Å². The molecule has 0 unspecified atom stereocenters. The van der Waals surface area contributed by atoms with E-state index in [-0.39, 0.29) is 5.41 Å². The minimum Gasteiger partial charge on any atom is -0.497 e. The van der Waals surface area contributed by atoms with Crippen molar-refractivity contribution < 1.29 is 9.84 Å². The predicted octanol–water partition coefficient (Wildman–Crippen LogP) is 4.22. The second-order valence-electron chi connectivity index (χ2n) is 8.43. The van der Waals surface area contributed by atoms with E-state index in [4.69, 9.17) is 11.2 Å². The largest absolute Gasteiger partial charge is 0.497 e. The number of ether oxygens (including phenoxy) is 1. The third-order valence-corrected chi connectivity index (χ3v) is 7.63. The zero-order valence-electron chi connectivity index (χ0n) is 15.1. The number of benzene rings is 1. The van der Waals surface area contributed by atoms with Crippen molar-refractivity contribution in [3.05, 3.63) is 28.8 Å². The lowest BCUT2D eigenvalue weighted by atomic mass is 9.53. The summed E-state index contributed by atoms with van der Waals surface area (Å²) in [5.74, 6) is 5.57. The number of hydrogen-bond acceptors (Lipinski definition) is 2. The van der Waals surface area contributed by atoms with Gasteiger partial charge in [0.1, 0.15) is 11.4 Å². The molecule has 4 rings (SSSR count). The molecule has 0 amide bonds. The van der Waals surface area contributed by atoms with E-state index in [0.717, 1.165) is 37.9 Å². The number of hydrogen-bond donors (Lipinski definition) is 1. The van der Waals surface area contributed by atoms with Gasteiger partial charge in [-0.2, -0.15) is 0 Å². The fourth-order valence-electron chi connectivity index (χ4n) is 6.31. The monoisotopic (exact) mass is 324 g/mol. The number of aliphatic hydroxyl groups is 1. The average molecular weight is 324 g/mol. The molecule has 24 heavy (non-hydrogen) atoms. The molecule has 5 atom stereocenters. The molecule has 2 heteroatoms. The summed E-state index contributed by atoms with van der Waals surface area (Å²) in [5, 5.41) is 11.0. The molecule has 2 nitrogen and oxygen atoms in total.